The first kappa shape index (κ1) is 55.4. The van der Waals surface area contributed by atoms with Crippen LogP contribution in [-0.2, 0) is 9.47 Å². The third-order valence-electron chi connectivity index (χ3n) is 15.4. The SMILES string of the molecule is C.CN(c1ccc(-c2ccc(-c3cn[nH]c3)cc2O)nn1)C1CC2CCC[C@@H](C1)N2.Cc1cc(-c2cnn(C3CCCCO3)c2)ccc1-c1ccc(N(C)C2CC3CCC[C@@H](C2)N3C(=O)OC(C)(C)C)nn1.ClCCl. The molecule has 9 heterocycles. The van der Waals surface area contributed by atoms with Gasteiger partial charge in [-0.15, -0.1) is 43.6 Å². The molecule has 1 amide bonds. The molecule has 6 aromatic rings. The summed E-state index contributed by atoms with van der Waals surface area (Å²) in [4.78, 5) is 19.5. The Morgan fingerprint density at radius 1 is 0.747 bits per heavy atom. The Morgan fingerprint density at radius 2 is 1.35 bits per heavy atom. The number of aromatic hydroxyl groups is 1. The highest BCUT2D eigenvalue weighted by molar-refractivity contribution is 6.40. The van der Waals surface area contributed by atoms with E-state index in [2.05, 4.69) is 108 Å². The Kier molecular flexibility index (Phi) is 18.4. The number of nitrogens with zero attached hydrogens (tertiary/aromatic N) is 10. The second kappa shape index (κ2) is 24.9. The summed E-state index contributed by atoms with van der Waals surface area (Å²) in [5.74, 6) is 1.93. The van der Waals surface area contributed by atoms with Gasteiger partial charge in [-0.1, -0.05) is 38.1 Å². The molecule has 0 radical (unpaired) electrons. The first-order chi connectivity index (χ1) is 35.7. The molecular formula is C57H76Cl2N12O4. The van der Waals surface area contributed by atoms with E-state index in [1.165, 1.54) is 25.7 Å². The zero-order valence-electron chi connectivity index (χ0n) is 43.6. The van der Waals surface area contributed by atoms with Crippen LogP contribution in [0.15, 0.2) is 85.5 Å². The number of phenols is 1. The highest BCUT2D eigenvalue weighted by Gasteiger charge is 2.44. The van der Waals surface area contributed by atoms with Gasteiger partial charge in [0.2, 0.25) is 0 Å². The molecule has 4 aromatic heterocycles. The Bertz CT molecular complexity index is 2740. The number of alkyl halides is 2. The number of aryl methyl sites for hydroxylation is 1. The molecule has 16 nitrogen and oxygen atoms in total. The number of benzene rings is 2. The van der Waals surface area contributed by atoms with E-state index in [0.29, 0.717) is 35.4 Å². The van der Waals surface area contributed by atoms with Gasteiger partial charge in [-0.2, -0.15) is 10.2 Å². The molecular weight excluding hydrogens is 988 g/mol. The van der Waals surface area contributed by atoms with Gasteiger partial charge in [0.25, 0.3) is 0 Å². The number of aromatic amines is 1. The number of piperidine rings is 4. The number of hydrogen-bond acceptors (Lipinski definition) is 13. The standard InChI is InChI=1S/C33H44N6O3.C22H26N6O.CH2Cl2.CH4/c1-22-17-23(24-20-34-38(21-24)31-11-6-7-16-41-31)12-13-28(22)29-14-15-30(36-35-29)37(5)27-18-25-9-8-10-26(19-27)39(25)32(40)42-33(2,3)4;1-28(18-10-16-3-2-4-17(11-18)25-16)22-8-7-20(26-27-22)19-6-5-14(9-21(19)29)15-12-23-24-13-15;2-1-3;/h12-15,17,20-21,25-27,31H,6-11,16,18-19H2,1-5H3;5-9,12-13,16-18,25,29H,2-4,10-11H2,1H3,(H,23,24);1H2;1H4/t25-,26?,27?,31?;16-,17?,18?;;/m00../s1. The Morgan fingerprint density at radius 3 is 1.89 bits per heavy atom. The molecule has 75 heavy (non-hydrogen) atoms. The quantitative estimate of drug-likeness (QED) is 0.117. The molecule has 5 unspecified atom stereocenters. The highest BCUT2D eigenvalue weighted by atomic mass is 35.5. The first-order valence-electron chi connectivity index (χ1n) is 26.4. The van der Waals surface area contributed by atoms with Crippen molar-refractivity contribution in [3.63, 3.8) is 0 Å². The fraction of sp³-hybridized carbons (Fsp3) is 0.526. The van der Waals surface area contributed by atoms with Gasteiger partial charge in [-0.3, -0.25) is 5.10 Å². The van der Waals surface area contributed by atoms with Gasteiger partial charge < -0.3 is 34.6 Å². The lowest BCUT2D eigenvalue weighted by atomic mass is 9.81. The van der Waals surface area contributed by atoms with Crippen LogP contribution < -0.4 is 15.1 Å². The number of aromatic nitrogens is 8. The number of H-pyrrole nitrogens is 1. The minimum absolute atomic E-state index is 0. The summed E-state index contributed by atoms with van der Waals surface area (Å²) >= 11 is 9.53. The normalized spacial score (nSPS) is 23.0. The van der Waals surface area contributed by atoms with Crippen molar-refractivity contribution in [3.8, 4) is 50.5 Å². The van der Waals surface area contributed by atoms with Crippen LogP contribution >= 0.6 is 23.2 Å². The number of carbonyl (C=O) groups is 1. The average molecular weight is 1060 g/mol. The number of phenolic OH excluding ortho intramolecular Hbond substituents is 1. The number of anilines is 2. The number of rotatable bonds is 9. The molecule has 4 bridgehead atoms. The van der Waals surface area contributed by atoms with Crippen molar-refractivity contribution in [1.29, 1.82) is 0 Å². The number of amides is 1. The Balaban J connectivity index is 0.000000198. The number of halogens is 2. The lowest BCUT2D eigenvalue weighted by molar-refractivity contribution is -0.0394. The number of fused-ring (bicyclic) bond motifs is 4. The van der Waals surface area contributed by atoms with E-state index in [1.807, 2.05) is 60.8 Å². The van der Waals surface area contributed by atoms with Gasteiger partial charge in [0.1, 0.15) is 17.6 Å². The average Bonchev–Trinajstić information content (AvgIpc) is 4.13. The van der Waals surface area contributed by atoms with E-state index in [9.17, 15) is 9.90 Å². The van der Waals surface area contributed by atoms with Crippen molar-refractivity contribution in [2.75, 3.05) is 35.8 Å². The summed E-state index contributed by atoms with van der Waals surface area (Å²) < 4.78 is 13.6. The first-order valence-corrected chi connectivity index (χ1v) is 27.4. The molecule has 0 saturated carbocycles. The molecule has 5 saturated heterocycles. The number of ether oxygens (including phenoxy) is 2. The van der Waals surface area contributed by atoms with Crippen molar-refractivity contribution in [1.82, 2.24) is 50.6 Å². The molecule has 0 aliphatic carbocycles. The molecule has 3 N–H and O–H groups in total. The van der Waals surface area contributed by atoms with E-state index < -0.39 is 5.60 Å². The Hall–Kier alpha value is -5.81. The lowest BCUT2D eigenvalue weighted by Gasteiger charge is -2.50. The zero-order valence-corrected chi connectivity index (χ0v) is 45.1. The van der Waals surface area contributed by atoms with Crippen LogP contribution in [0.3, 0.4) is 0 Å². The molecule has 2 aromatic carbocycles. The van der Waals surface area contributed by atoms with E-state index in [4.69, 9.17) is 32.7 Å². The van der Waals surface area contributed by atoms with Gasteiger partial charge in [-0.05, 0) is 158 Å². The van der Waals surface area contributed by atoms with Crippen LogP contribution in [0, 0.1) is 6.92 Å². The van der Waals surface area contributed by atoms with Crippen molar-refractivity contribution in [3.05, 3.63) is 91.0 Å². The lowest BCUT2D eigenvalue weighted by Crippen LogP contribution is -2.59. The maximum Gasteiger partial charge on any atom is 0.410 e. The zero-order chi connectivity index (χ0) is 51.9. The third kappa shape index (κ3) is 13.4. The summed E-state index contributed by atoms with van der Waals surface area (Å²) in [6.45, 7) is 8.72. The van der Waals surface area contributed by atoms with Crippen molar-refractivity contribution >= 4 is 40.9 Å². The second-order valence-corrected chi connectivity index (χ2v) is 22.3. The van der Waals surface area contributed by atoms with Gasteiger partial charge in [0.05, 0.1) is 29.1 Å². The van der Waals surface area contributed by atoms with Crippen LogP contribution in [0.4, 0.5) is 16.4 Å². The summed E-state index contributed by atoms with van der Waals surface area (Å²) in [7, 11) is 4.22. The van der Waals surface area contributed by atoms with Gasteiger partial charge in [-0.25, -0.2) is 9.48 Å². The van der Waals surface area contributed by atoms with E-state index in [0.717, 1.165) is 115 Å². The van der Waals surface area contributed by atoms with Crippen molar-refractivity contribution in [2.24, 2.45) is 0 Å². The molecule has 0 spiro atoms. The van der Waals surface area contributed by atoms with E-state index in [-0.39, 0.29) is 42.9 Å². The number of nitrogens with one attached hydrogen (secondary N) is 2. The van der Waals surface area contributed by atoms with Crippen LogP contribution in [0.2, 0.25) is 0 Å². The fourth-order valence-electron chi connectivity index (χ4n) is 11.6. The molecule has 5 aliphatic rings. The summed E-state index contributed by atoms with van der Waals surface area (Å²) in [5.41, 5.74) is 7.99. The minimum Gasteiger partial charge on any atom is -0.507 e. The van der Waals surface area contributed by atoms with Crippen molar-refractivity contribution < 1.29 is 19.4 Å². The van der Waals surface area contributed by atoms with Crippen LogP contribution in [0.25, 0.3) is 44.8 Å². The third-order valence-corrected chi connectivity index (χ3v) is 15.4. The van der Waals surface area contributed by atoms with Crippen LogP contribution in [0.1, 0.15) is 123 Å². The molecule has 5 fully saturated rings. The highest BCUT2D eigenvalue weighted by Crippen LogP contribution is 2.39. The molecule has 11 rings (SSSR count). The van der Waals surface area contributed by atoms with Gasteiger partial charge in [0.15, 0.2) is 11.6 Å². The summed E-state index contributed by atoms with van der Waals surface area (Å²) in [6.07, 6.45) is 22.0. The van der Waals surface area contributed by atoms with Gasteiger partial charge >= 0.3 is 6.09 Å². The maximum absolute atomic E-state index is 13.0. The fourth-order valence-corrected chi connectivity index (χ4v) is 11.6. The maximum atomic E-state index is 13.0. The van der Waals surface area contributed by atoms with E-state index >= 15 is 0 Å². The van der Waals surface area contributed by atoms with Gasteiger partial charge in [0, 0.05) is 91.6 Å². The number of hydrogen-bond donors (Lipinski definition) is 3. The number of carbonyl (C=O) groups excluding carboxylic acids is 1. The molecule has 18 heteroatoms. The second-order valence-electron chi connectivity index (χ2n) is 21.5. The predicted molar refractivity (Wildman–Crippen MR) is 299 cm³/mol. The summed E-state index contributed by atoms with van der Waals surface area (Å²) in [5, 5.41) is 43.9. The van der Waals surface area contributed by atoms with Crippen molar-refractivity contribution in [2.45, 2.75) is 167 Å². The molecule has 5 aliphatic heterocycles. The summed E-state index contributed by atoms with van der Waals surface area (Å²) in [6, 6.07) is 22.6. The monoisotopic (exact) mass is 1060 g/mol. The predicted octanol–water partition coefficient (Wildman–Crippen LogP) is 12.2. The van der Waals surface area contributed by atoms with Crippen LogP contribution in [0.5, 0.6) is 5.75 Å². The Labute approximate surface area is 452 Å². The molecule has 7 atom stereocenters. The van der Waals surface area contributed by atoms with Crippen LogP contribution in [-0.4, -0.2) is 124 Å². The smallest absolute Gasteiger partial charge is 0.410 e. The van der Waals surface area contributed by atoms with E-state index in [1.54, 1.807) is 18.5 Å². The molecule has 402 valence electrons. The topological polar surface area (TPSA) is 176 Å². The minimum atomic E-state index is -0.484. The largest absolute Gasteiger partial charge is 0.507 e.